The Bertz CT molecular complexity index is 765. The zero-order valence-electron chi connectivity index (χ0n) is 10.3. The normalized spacial score (nSPS) is 11.4. The number of aryl methyl sites for hydroxylation is 1. The molecule has 0 fully saturated rings. The van der Waals surface area contributed by atoms with Gasteiger partial charge < -0.3 is 0 Å². The molecule has 0 unspecified atom stereocenters. The standard InChI is InChI=1S/C13H10BrClFNO2S/c1-8-5-6-11(9(14)7-8)17-20(18,19)12-4-2-3-10(15)13(12)16/h2-7,17H,1H3. The fraction of sp³-hybridized carbons (Fsp3) is 0.0769. The summed E-state index contributed by atoms with van der Waals surface area (Å²) in [6, 6.07) is 8.93. The van der Waals surface area contributed by atoms with E-state index in [1.54, 1.807) is 18.2 Å². The van der Waals surface area contributed by atoms with Crippen molar-refractivity contribution >= 4 is 43.2 Å². The van der Waals surface area contributed by atoms with Crippen molar-refractivity contribution in [1.82, 2.24) is 0 Å². The molecule has 7 heteroatoms. The Morgan fingerprint density at radius 2 is 1.95 bits per heavy atom. The molecule has 0 amide bonds. The third-order valence-corrected chi connectivity index (χ3v) is 4.91. The Morgan fingerprint density at radius 3 is 2.60 bits per heavy atom. The molecule has 0 spiro atoms. The van der Waals surface area contributed by atoms with E-state index >= 15 is 0 Å². The number of benzene rings is 2. The van der Waals surface area contributed by atoms with Gasteiger partial charge in [-0.2, -0.15) is 0 Å². The van der Waals surface area contributed by atoms with Crippen LogP contribution >= 0.6 is 27.5 Å². The molecule has 0 aliphatic carbocycles. The maximum atomic E-state index is 13.8. The first kappa shape index (κ1) is 15.3. The van der Waals surface area contributed by atoms with E-state index in [2.05, 4.69) is 20.7 Å². The van der Waals surface area contributed by atoms with Crippen molar-refractivity contribution in [2.45, 2.75) is 11.8 Å². The minimum Gasteiger partial charge on any atom is -0.278 e. The van der Waals surface area contributed by atoms with E-state index in [4.69, 9.17) is 11.6 Å². The molecule has 0 aliphatic heterocycles. The third-order valence-electron chi connectivity index (χ3n) is 2.57. The topological polar surface area (TPSA) is 46.2 Å². The molecule has 2 aromatic rings. The van der Waals surface area contributed by atoms with Gasteiger partial charge in [-0.3, -0.25) is 4.72 Å². The van der Waals surface area contributed by atoms with E-state index in [0.29, 0.717) is 10.2 Å². The summed E-state index contributed by atoms with van der Waals surface area (Å²) in [7, 11) is -4.04. The van der Waals surface area contributed by atoms with Crippen molar-refractivity contribution in [3.05, 3.63) is 57.3 Å². The summed E-state index contributed by atoms with van der Waals surface area (Å²) in [4.78, 5) is -0.488. The molecular weight excluding hydrogens is 369 g/mol. The summed E-state index contributed by atoms with van der Waals surface area (Å²) in [6.45, 7) is 1.87. The fourth-order valence-corrected chi connectivity index (χ4v) is 3.73. The highest BCUT2D eigenvalue weighted by molar-refractivity contribution is 9.10. The van der Waals surface area contributed by atoms with Crippen molar-refractivity contribution in [3.63, 3.8) is 0 Å². The number of halogens is 3. The summed E-state index contributed by atoms with van der Waals surface area (Å²) in [5.41, 5.74) is 1.30. The largest absolute Gasteiger partial charge is 0.278 e. The van der Waals surface area contributed by atoms with Crippen molar-refractivity contribution in [2.75, 3.05) is 4.72 Å². The highest BCUT2D eigenvalue weighted by Gasteiger charge is 2.21. The summed E-state index contributed by atoms with van der Waals surface area (Å²) in [5.74, 6) is -0.968. The maximum Gasteiger partial charge on any atom is 0.264 e. The molecule has 3 nitrogen and oxygen atoms in total. The van der Waals surface area contributed by atoms with Crippen molar-refractivity contribution in [3.8, 4) is 0 Å². The van der Waals surface area contributed by atoms with Gasteiger partial charge in [0.15, 0.2) is 5.82 Å². The van der Waals surface area contributed by atoms with Gasteiger partial charge in [0.1, 0.15) is 4.90 Å². The lowest BCUT2D eigenvalue weighted by Crippen LogP contribution is -2.15. The van der Waals surface area contributed by atoms with Crippen LogP contribution < -0.4 is 4.72 Å². The van der Waals surface area contributed by atoms with Crippen LogP contribution in [0.5, 0.6) is 0 Å². The number of hydrogen-bond donors (Lipinski definition) is 1. The predicted octanol–water partition coefficient (Wildman–Crippen LogP) is 4.35. The van der Waals surface area contributed by atoms with E-state index in [-0.39, 0.29) is 5.02 Å². The van der Waals surface area contributed by atoms with Crippen LogP contribution in [0.3, 0.4) is 0 Å². The maximum absolute atomic E-state index is 13.8. The molecule has 0 aromatic heterocycles. The molecule has 1 N–H and O–H groups in total. The minimum absolute atomic E-state index is 0.240. The van der Waals surface area contributed by atoms with Crippen molar-refractivity contribution < 1.29 is 12.8 Å². The molecule has 0 saturated heterocycles. The Hall–Kier alpha value is -1.11. The van der Waals surface area contributed by atoms with Gasteiger partial charge in [-0.15, -0.1) is 0 Å². The molecule has 20 heavy (non-hydrogen) atoms. The Kier molecular flexibility index (Phi) is 4.36. The average molecular weight is 379 g/mol. The number of anilines is 1. The van der Waals surface area contributed by atoms with Crippen LogP contribution in [0.2, 0.25) is 5.02 Å². The minimum atomic E-state index is -4.04. The average Bonchev–Trinajstić information content (AvgIpc) is 2.36. The highest BCUT2D eigenvalue weighted by Crippen LogP contribution is 2.28. The zero-order valence-corrected chi connectivity index (χ0v) is 13.5. The lowest BCUT2D eigenvalue weighted by atomic mass is 10.2. The SMILES string of the molecule is Cc1ccc(NS(=O)(=O)c2cccc(Cl)c2F)c(Br)c1. The quantitative estimate of drug-likeness (QED) is 0.863. The van der Waals surface area contributed by atoms with Crippen LogP contribution in [-0.2, 0) is 10.0 Å². The number of sulfonamides is 1. The van der Waals surface area contributed by atoms with Crippen molar-refractivity contribution in [2.24, 2.45) is 0 Å². The second kappa shape index (κ2) is 5.71. The van der Waals surface area contributed by atoms with Crippen LogP contribution in [0.25, 0.3) is 0 Å². The van der Waals surface area contributed by atoms with Gasteiger partial charge in [0.05, 0.1) is 10.7 Å². The summed E-state index contributed by atoms with van der Waals surface area (Å²) >= 11 is 8.86. The fourth-order valence-electron chi connectivity index (χ4n) is 1.59. The van der Waals surface area contributed by atoms with E-state index in [1.165, 1.54) is 12.1 Å². The third kappa shape index (κ3) is 3.13. The molecule has 0 atom stereocenters. The Labute approximate surface area is 130 Å². The van der Waals surface area contributed by atoms with Gasteiger partial charge in [-0.25, -0.2) is 12.8 Å². The van der Waals surface area contributed by atoms with Gasteiger partial charge >= 0.3 is 0 Å². The summed E-state index contributed by atoms with van der Waals surface area (Å²) in [5, 5.41) is -0.240. The van der Waals surface area contributed by atoms with E-state index in [9.17, 15) is 12.8 Å². The molecule has 0 aliphatic rings. The lowest BCUT2D eigenvalue weighted by molar-refractivity contribution is 0.570. The Morgan fingerprint density at radius 1 is 1.25 bits per heavy atom. The van der Waals surface area contributed by atoms with Gasteiger partial charge in [-0.1, -0.05) is 23.7 Å². The second-order valence-corrected chi connectivity index (χ2v) is 7.05. The molecule has 0 heterocycles. The smallest absolute Gasteiger partial charge is 0.264 e. The molecule has 2 aromatic carbocycles. The van der Waals surface area contributed by atoms with Gasteiger partial charge in [0, 0.05) is 4.47 Å². The van der Waals surface area contributed by atoms with Crippen LogP contribution in [-0.4, -0.2) is 8.42 Å². The van der Waals surface area contributed by atoms with Crippen LogP contribution in [0.15, 0.2) is 45.8 Å². The van der Waals surface area contributed by atoms with E-state index < -0.39 is 20.7 Å². The molecule has 0 bridgehead atoms. The van der Waals surface area contributed by atoms with E-state index in [1.807, 2.05) is 6.92 Å². The monoisotopic (exact) mass is 377 g/mol. The van der Waals surface area contributed by atoms with Gasteiger partial charge in [-0.05, 0) is 52.7 Å². The number of hydrogen-bond acceptors (Lipinski definition) is 2. The highest BCUT2D eigenvalue weighted by atomic mass is 79.9. The van der Waals surface area contributed by atoms with Gasteiger partial charge in [0.2, 0.25) is 0 Å². The first-order chi connectivity index (χ1) is 9.31. The van der Waals surface area contributed by atoms with Crippen LogP contribution in [0.4, 0.5) is 10.1 Å². The van der Waals surface area contributed by atoms with E-state index in [0.717, 1.165) is 11.6 Å². The first-order valence-corrected chi connectivity index (χ1v) is 8.19. The summed E-state index contributed by atoms with van der Waals surface area (Å²) < 4.78 is 41.1. The number of nitrogens with one attached hydrogen (secondary N) is 1. The lowest BCUT2D eigenvalue weighted by Gasteiger charge is -2.11. The molecule has 0 saturated carbocycles. The molecule has 106 valence electrons. The second-order valence-electron chi connectivity index (χ2n) is 4.14. The zero-order chi connectivity index (χ0) is 14.9. The first-order valence-electron chi connectivity index (χ1n) is 5.54. The predicted molar refractivity (Wildman–Crippen MR) is 81.1 cm³/mol. The molecule has 0 radical (unpaired) electrons. The number of rotatable bonds is 3. The van der Waals surface area contributed by atoms with Crippen LogP contribution in [0, 0.1) is 12.7 Å². The summed E-state index contributed by atoms with van der Waals surface area (Å²) in [6.07, 6.45) is 0. The van der Waals surface area contributed by atoms with Gasteiger partial charge in [0.25, 0.3) is 10.0 Å². The molecule has 2 rings (SSSR count). The Balaban J connectivity index is 2.44. The molecular formula is C13H10BrClFNO2S. The van der Waals surface area contributed by atoms with Crippen molar-refractivity contribution in [1.29, 1.82) is 0 Å². The van der Waals surface area contributed by atoms with Crippen LogP contribution in [0.1, 0.15) is 5.56 Å².